The average molecular weight is 491 g/mol. The smallest absolute Gasteiger partial charge is 0.0360 e. The molecule has 150 valence electrons. The van der Waals surface area contributed by atoms with Gasteiger partial charge in [-0.1, -0.05) is 35.7 Å². The van der Waals surface area contributed by atoms with Crippen LogP contribution in [0.15, 0.2) is 67.9 Å². The third-order valence-electron chi connectivity index (χ3n) is 6.67. The zero-order chi connectivity index (χ0) is 20.6. The first kappa shape index (κ1) is 20.6. The number of hydrogen-bond acceptors (Lipinski definition) is 4. The van der Waals surface area contributed by atoms with Crippen LogP contribution in [-0.4, -0.2) is 12.3 Å². The van der Waals surface area contributed by atoms with Crippen LogP contribution in [-0.2, 0) is 23.6 Å². The van der Waals surface area contributed by atoms with E-state index < -0.39 is 12.1 Å². The molecule has 2 atom stereocenters. The molecule has 0 bridgehead atoms. The molecule has 0 aromatic carbocycles. The van der Waals surface area contributed by atoms with Crippen molar-refractivity contribution in [3.05, 3.63) is 77.7 Å². The van der Waals surface area contributed by atoms with Crippen molar-refractivity contribution in [2.24, 2.45) is 0 Å². The van der Waals surface area contributed by atoms with Crippen molar-refractivity contribution >= 4 is 69.0 Å². The lowest BCUT2D eigenvalue weighted by Gasteiger charge is -2.27. The summed E-state index contributed by atoms with van der Waals surface area (Å²) in [6.45, 7) is 9.23. The van der Waals surface area contributed by atoms with Gasteiger partial charge in [0.05, 0.1) is 0 Å². The maximum atomic E-state index is 6.68. The molecule has 2 aromatic heterocycles. The average Bonchev–Trinajstić information content (AvgIpc) is 3.42. The third kappa shape index (κ3) is 2.73. The minimum Gasteiger partial charge on any atom is -0.144 e. The highest BCUT2D eigenvalue weighted by Crippen LogP contribution is 2.85. The predicted molar refractivity (Wildman–Crippen MR) is 142 cm³/mol. The van der Waals surface area contributed by atoms with Gasteiger partial charge in [-0.25, -0.2) is 0 Å². The van der Waals surface area contributed by atoms with E-state index in [0.717, 1.165) is 18.7 Å². The molecule has 0 radical (unpaired) electrons. The Hall–Kier alpha value is -0.340. The van der Waals surface area contributed by atoms with E-state index in [0.29, 0.717) is 0 Å². The Kier molecular flexibility index (Phi) is 5.03. The van der Waals surface area contributed by atoms with Crippen LogP contribution in [0.5, 0.6) is 0 Å². The van der Waals surface area contributed by atoms with Crippen molar-refractivity contribution in [1.82, 2.24) is 0 Å². The Morgan fingerprint density at radius 3 is 1.38 bits per heavy atom. The first-order chi connectivity index (χ1) is 13.8. The highest BCUT2D eigenvalue weighted by molar-refractivity contribution is 8.25. The predicted octanol–water partition coefficient (Wildman–Crippen LogP) is 8.91. The monoisotopic (exact) mass is 490 g/mol. The quantitative estimate of drug-likeness (QED) is 0.386. The summed E-state index contributed by atoms with van der Waals surface area (Å²) in [5.74, 6) is 0. The second-order valence-electron chi connectivity index (χ2n) is 8.13. The minimum atomic E-state index is -1.83. The maximum Gasteiger partial charge on any atom is 0.0360 e. The summed E-state index contributed by atoms with van der Waals surface area (Å²) in [6.07, 6.45) is 3.42. The van der Waals surface area contributed by atoms with Gasteiger partial charge >= 0.3 is 0 Å². The number of thiophene rings is 2. The molecule has 0 aliphatic carbocycles. The number of allylic oxidation sites excluding steroid dienone is 6. The lowest BCUT2D eigenvalue weighted by Crippen LogP contribution is -1.94. The van der Waals surface area contributed by atoms with Gasteiger partial charge in [0.15, 0.2) is 0 Å². The van der Waals surface area contributed by atoms with Crippen molar-refractivity contribution in [3.63, 3.8) is 0 Å². The van der Waals surface area contributed by atoms with E-state index in [4.69, 9.17) is 23.6 Å². The molecule has 0 N–H and O–H groups in total. The second-order valence-corrected chi connectivity index (χ2v) is 19.4. The van der Waals surface area contributed by atoms with Gasteiger partial charge in [-0.05, 0) is 91.6 Å². The number of fused-ring (bicyclic) bond motifs is 3. The molecule has 0 amide bonds. The second kappa shape index (κ2) is 7.09. The van der Waals surface area contributed by atoms with Crippen molar-refractivity contribution in [1.29, 1.82) is 0 Å². The van der Waals surface area contributed by atoms with E-state index in [1.54, 1.807) is 0 Å². The molecule has 3 aliphatic heterocycles. The molecule has 3 aliphatic rings. The van der Waals surface area contributed by atoms with E-state index >= 15 is 0 Å². The Balaban J connectivity index is 1.77. The summed E-state index contributed by atoms with van der Waals surface area (Å²) in [4.78, 5) is 2.77. The Morgan fingerprint density at radius 2 is 1.03 bits per heavy atom. The van der Waals surface area contributed by atoms with Gasteiger partial charge in [-0.3, -0.25) is 0 Å². The van der Waals surface area contributed by atoms with Crippen LogP contribution in [0, 0.1) is 0 Å². The van der Waals surface area contributed by atoms with Crippen LogP contribution < -0.4 is 0 Å². The fourth-order valence-corrected chi connectivity index (χ4v) is 20.8. The van der Waals surface area contributed by atoms with Crippen molar-refractivity contribution in [3.8, 4) is 0 Å². The van der Waals surface area contributed by atoms with Crippen LogP contribution in [0.3, 0.4) is 0 Å². The van der Waals surface area contributed by atoms with E-state index in [1.807, 2.05) is 22.7 Å². The fraction of sp³-hybridized carbons (Fsp3) is 0.304. The molecule has 1 saturated heterocycles. The maximum absolute atomic E-state index is 6.68. The SMILES string of the molecule is CC1=C2C3=C(C)C(C)=C(c4cccs4)P3(=S)CCCP2(=S)C(c2cccs2)=C1C. The fourth-order valence-electron chi connectivity index (χ4n) is 5.23. The molecule has 1 fully saturated rings. The van der Waals surface area contributed by atoms with Crippen LogP contribution in [0.1, 0.15) is 43.9 Å². The topological polar surface area (TPSA) is 0 Å². The molecule has 2 unspecified atom stereocenters. The van der Waals surface area contributed by atoms with Gasteiger partial charge in [0.1, 0.15) is 0 Å². The molecule has 5 heterocycles. The summed E-state index contributed by atoms with van der Waals surface area (Å²) >= 11 is 17.0. The van der Waals surface area contributed by atoms with Crippen molar-refractivity contribution in [2.45, 2.75) is 34.1 Å². The van der Waals surface area contributed by atoms with E-state index in [-0.39, 0.29) is 0 Å². The van der Waals surface area contributed by atoms with Crippen molar-refractivity contribution in [2.75, 3.05) is 12.3 Å². The molecule has 5 rings (SSSR count). The molecule has 0 saturated carbocycles. The van der Waals surface area contributed by atoms with Crippen LogP contribution in [0.25, 0.3) is 10.6 Å². The summed E-state index contributed by atoms with van der Waals surface area (Å²) in [6, 6.07) is 5.22. The molecule has 0 spiro atoms. The highest BCUT2D eigenvalue weighted by atomic mass is 32.4. The number of rotatable bonds is 2. The first-order valence-corrected chi connectivity index (χ1v) is 17.7. The summed E-state index contributed by atoms with van der Waals surface area (Å²) in [5, 5.41) is 10.4. The minimum absolute atomic E-state index is 1.13. The summed E-state index contributed by atoms with van der Waals surface area (Å²) in [5.41, 5.74) is 5.72. The van der Waals surface area contributed by atoms with Crippen LogP contribution >= 0.6 is 34.7 Å². The van der Waals surface area contributed by atoms with Gasteiger partial charge in [-0.15, -0.1) is 22.7 Å². The van der Waals surface area contributed by atoms with Gasteiger partial charge in [0.25, 0.3) is 0 Å². The van der Waals surface area contributed by atoms with Crippen LogP contribution in [0.2, 0.25) is 0 Å². The first-order valence-electron chi connectivity index (χ1n) is 9.93. The molecule has 2 aromatic rings. The van der Waals surface area contributed by atoms with Gasteiger partial charge in [0.2, 0.25) is 0 Å². The van der Waals surface area contributed by atoms with Gasteiger partial charge < -0.3 is 0 Å². The molecule has 0 nitrogen and oxygen atoms in total. The largest absolute Gasteiger partial charge is 0.144 e. The van der Waals surface area contributed by atoms with Gasteiger partial charge in [0, 0.05) is 43.1 Å². The molecular formula is C23H24P2S4. The Bertz CT molecular complexity index is 1150. The zero-order valence-electron chi connectivity index (χ0n) is 17.1. The Labute approximate surface area is 192 Å². The normalized spacial score (nSPS) is 29.7. The zero-order valence-corrected chi connectivity index (χ0v) is 22.2. The summed E-state index contributed by atoms with van der Waals surface area (Å²) < 4.78 is 0. The number of hydrogen-bond donors (Lipinski definition) is 0. The molecular weight excluding hydrogens is 466 g/mol. The Morgan fingerprint density at radius 1 is 0.655 bits per heavy atom. The third-order valence-corrected chi connectivity index (χ3v) is 19.3. The molecule has 6 heteroatoms. The van der Waals surface area contributed by atoms with Gasteiger partial charge in [-0.2, -0.15) is 0 Å². The highest BCUT2D eigenvalue weighted by Gasteiger charge is 2.48. The summed E-state index contributed by atoms with van der Waals surface area (Å²) in [7, 11) is 0. The standard InChI is InChI=1S/C23H24P2S4/c1-14-16(3)22-23-17(4)15(2)21(19-9-6-13-29-19)25(23,27)11-7-10-24(22,26)20(14)18-8-5-12-28-18/h5-6,8-9,12-13H,7,10-11H2,1-4H3. The molecule has 29 heavy (non-hydrogen) atoms. The van der Waals surface area contributed by atoms with Crippen molar-refractivity contribution < 1.29 is 0 Å². The van der Waals surface area contributed by atoms with Crippen LogP contribution in [0.4, 0.5) is 0 Å². The van der Waals surface area contributed by atoms with E-state index in [9.17, 15) is 0 Å². The van der Waals surface area contributed by atoms with E-state index in [2.05, 4.69) is 62.7 Å². The lowest BCUT2D eigenvalue weighted by atomic mass is 10.0. The van der Waals surface area contributed by atoms with E-state index in [1.165, 1.54) is 53.3 Å². The lowest BCUT2D eigenvalue weighted by molar-refractivity contribution is 1.11.